The van der Waals surface area contributed by atoms with E-state index in [0.717, 1.165) is 11.1 Å². The quantitative estimate of drug-likeness (QED) is 0.612. The standard InChI is InChI=1S/C12H18O4/c1-11(2,13)9-5-7-10(8-6-9)12(3,4)15-16-14/h5-8,13-14H,1-4H3. The Bertz CT molecular complexity index is 335. The zero-order valence-electron chi connectivity index (χ0n) is 10.0. The minimum Gasteiger partial charge on any atom is -0.386 e. The van der Waals surface area contributed by atoms with Crippen LogP contribution in [0.25, 0.3) is 0 Å². The van der Waals surface area contributed by atoms with Crippen LogP contribution in [-0.2, 0) is 21.1 Å². The average Bonchev–Trinajstić information content (AvgIpc) is 2.16. The molecule has 0 spiro atoms. The van der Waals surface area contributed by atoms with Crippen molar-refractivity contribution < 1.29 is 20.3 Å². The first-order valence-electron chi connectivity index (χ1n) is 5.10. The first-order chi connectivity index (χ1) is 7.27. The van der Waals surface area contributed by atoms with Crippen LogP contribution in [0, 0.1) is 0 Å². The molecule has 1 aromatic carbocycles. The van der Waals surface area contributed by atoms with Crippen molar-refractivity contribution in [2.45, 2.75) is 38.9 Å². The molecule has 0 unspecified atom stereocenters. The van der Waals surface area contributed by atoms with E-state index >= 15 is 0 Å². The van der Waals surface area contributed by atoms with Crippen LogP contribution in [0.1, 0.15) is 38.8 Å². The van der Waals surface area contributed by atoms with Gasteiger partial charge in [-0.3, -0.25) is 0 Å². The molecule has 0 aliphatic rings. The van der Waals surface area contributed by atoms with Gasteiger partial charge < -0.3 is 5.11 Å². The highest BCUT2D eigenvalue weighted by Gasteiger charge is 2.24. The highest BCUT2D eigenvalue weighted by molar-refractivity contribution is 5.29. The molecule has 4 nitrogen and oxygen atoms in total. The van der Waals surface area contributed by atoms with E-state index in [-0.39, 0.29) is 0 Å². The Labute approximate surface area is 95.3 Å². The fourth-order valence-electron chi connectivity index (χ4n) is 1.42. The number of aliphatic hydroxyl groups is 1. The molecule has 16 heavy (non-hydrogen) atoms. The molecule has 0 aromatic heterocycles. The molecule has 2 N–H and O–H groups in total. The second-order valence-corrected chi connectivity index (χ2v) is 4.80. The molecule has 0 radical (unpaired) electrons. The Morgan fingerprint density at radius 2 is 1.38 bits per heavy atom. The summed E-state index contributed by atoms with van der Waals surface area (Å²) in [5.74, 6) is 0. The zero-order valence-corrected chi connectivity index (χ0v) is 10.0. The molecule has 4 heteroatoms. The lowest BCUT2D eigenvalue weighted by Crippen LogP contribution is -2.22. The van der Waals surface area contributed by atoms with E-state index in [1.807, 2.05) is 24.3 Å². The first-order valence-corrected chi connectivity index (χ1v) is 5.10. The van der Waals surface area contributed by atoms with Crippen LogP contribution < -0.4 is 0 Å². The third-order valence-corrected chi connectivity index (χ3v) is 2.53. The minimum absolute atomic E-state index is 0.743. The monoisotopic (exact) mass is 226 g/mol. The maximum Gasteiger partial charge on any atom is 0.126 e. The molecule has 0 saturated carbocycles. The zero-order chi connectivity index (χ0) is 12.4. The third-order valence-electron chi connectivity index (χ3n) is 2.53. The summed E-state index contributed by atoms with van der Waals surface area (Å²) in [5.41, 5.74) is 0.0516. The number of hydrogen-bond acceptors (Lipinski definition) is 4. The van der Waals surface area contributed by atoms with Gasteiger partial charge in [-0.05, 0) is 38.8 Å². The van der Waals surface area contributed by atoms with Crippen LogP contribution in [0.15, 0.2) is 24.3 Å². The van der Waals surface area contributed by atoms with Gasteiger partial charge in [0.15, 0.2) is 0 Å². The highest BCUT2D eigenvalue weighted by Crippen LogP contribution is 2.27. The molecule has 0 atom stereocenters. The summed E-state index contributed by atoms with van der Waals surface area (Å²) in [6.07, 6.45) is 0. The first kappa shape index (κ1) is 13.1. The van der Waals surface area contributed by atoms with Crippen molar-refractivity contribution in [1.29, 1.82) is 0 Å². The van der Waals surface area contributed by atoms with Gasteiger partial charge in [-0.2, -0.15) is 4.89 Å². The van der Waals surface area contributed by atoms with Crippen LogP contribution in [0.3, 0.4) is 0 Å². The van der Waals surface area contributed by atoms with Crippen LogP contribution in [-0.4, -0.2) is 10.4 Å². The summed E-state index contributed by atoms with van der Waals surface area (Å²) in [5, 5.41) is 21.8. The van der Waals surface area contributed by atoms with Crippen molar-refractivity contribution in [2.75, 3.05) is 0 Å². The molecule has 0 amide bonds. The predicted octanol–water partition coefficient (Wildman–Crippen LogP) is 2.57. The number of hydrogen-bond donors (Lipinski definition) is 2. The molecule has 90 valence electrons. The van der Waals surface area contributed by atoms with Gasteiger partial charge in [0.1, 0.15) is 5.60 Å². The molecule has 1 rings (SSSR count). The Hall–Kier alpha value is -0.940. The van der Waals surface area contributed by atoms with Crippen molar-refractivity contribution in [3.63, 3.8) is 0 Å². The molecule has 0 saturated heterocycles. The summed E-state index contributed by atoms with van der Waals surface area (Å²) in [7, 11) is 0. The lowest BCUT2D eigenvalue weighted by molar-refractivity contribution is -0.525. The molecule has 0 fully saturated rings. The van der Waals surface area contributed by atoms with Gasteiger partial charge in [0.2, 0.25) is 0 Å². The van der Waals surface area contributed by atoms with E-state index in [1.165, 1.54) is 0 Å². The third kappa shape index (κ3) is 3.02. The minimum atomic E-state index is -0.864. The fourth-order valence-corrected chi connectivity index (χ4v) is 1.42. The summed E-state index contributed by atoms with van der Waals surface area (Å²) in [6.45, 7) is 6.98. The lowest BCUT2D eigenvalue weighted by Gasteiger charge is -2.23. The van der Waals surface area contributed by atoms with Gasteiger partial charge in [-0.25, -0.2) is 5.26 Å². The molecule has 1 aromatic rings. The van der Waals surface area contributed by atoms with Crippen molar-refractivity contribution in [3.05, 3.63) is 35.4 Å². The normalized spacial score (nSPS) is 12.9. The Kier molecular flexibility index (Phi) is 3.70. The van der Waals surface area contributed by atoms with E-state index < -0.39 is 11.2 Å². The van der Waals surface area contributed by atoms with Crippen LogP contribution in [0.5, 0.6) is 0 Å². The molecular formula is C12H18O4. The van der Waals surface area contributed by atoms with Crippen LogP contribution >= 0.6 is 0 Å². The van der Waals surface area contributed by atoms with Gasteiger partial charge in [0.25, 0.3) is 0 Å². The molecular weight excluding hydrogens is 208 g/mol. The second kappa shape index (κ2) is 4.51. The molecule has 0 bridgehead atoms. The largest absolute Gasteiger partial charge is 0.386 e. The van der Waals surface area contributed by atoms with Gasteiger partial charge in [0, 0.05) is 0 Å². The SMILES string of the molecule is CC(C)(O)c1ccc(C(C)(C)OOO)cc1. The van der Waals surface area contributed by atoms with Gasteiger partial charge in [-0.15, -0.1) is 0 Å². The topological polar surface area (TPSA) is 58.9 Å². The van der Waals surface area contributed by atoms with Crippen LogP contribution in [0.4, 0.5) is 0 Å². The van der Waals surface area contributed by atoms with E-state index in [9.17, 15) is 5.11 Å². The Morgan fingerprint density at radius 3 is 1.75 bits per heavy atom. The van der Waals surface area contributed by atoms with Crippen molar-refractivity contribution >= 4 is 0 Å². The summed E-state index contributed by atoms with van der Waals surface area (Å²) in [6, 6.07) is 7.29. The van der Waals surface area contributed by atoms with E-state index in [4.69, 9.17) is 10.1 Å². The highest BCUT2D eigenvalue weighted by atomic mass is 17.5. The van der Waals surface area contributed by atoms with Crippen molar-refractivity contribution in [2.24, 2.45) is 0 Å². The lowest BCUT2D eigenvalue weighted by atomic mass is 9.92. The maximum absolute atomic E-state index is 9.79. The second-order valence-electron chi connectivity index (χ2n) is 4.80. The van der Waals surface area contributed by atoms with Crippen LogP contribution in [0.2, 0.25) is 0 Å². The van der Waals surface area contributed by atoms with E-state index in [1.54, 1.807) is 27.7 Å². The summed E-state index contributed by atoms with van der Waals surface area (Å²) >= 11 is 0. The number of rotatable bonds is 4. The Balaban J connectivity index is 2.95. The molecule has 0 aliphatic heterocycles. The maximum atomic E-state index is 9.79. The predicted molar refractivity (Wildman–Crippen MR) is 59.5 cm³/mol. The van der Waals surface area contributed by atoms with E-state index in [2.05, 4.69) is 5.04 Å². The fraction of sp³-hybridized carbons (Fsp3) is 0.500. The molecule has 0 aliphatic carbocycles. The van der Waals surface area contributed by atoms with Gasteiger partial charge >= 0.3 is 0 Å². The summed E-state index contributed by atoms with van der Waals surface area (Å²) < 4.78 is 0. The summed E-state index contributed by atoms with van der Waals surface area (Å²) in [4.78, 5) is 4.73. The molecule has 0 heterocycles. The average molecular weight is 226 g/mol. The van der Waals surface area contributed by atoms with Gasteiger partial charge in [-0.1, -0.05) is 29.3 Å². The van der Waals surface area contributed by atoms with Crippen molar-refractivity contribution in [1.82, 2.24) is 0 Å². The number of benzene rings is 1. The van der Waals surface area contributed by atoms with Gasteiger partial charge in [0.05, 0.1) is 5.60 Å². The van der Waals surface area contributed by atoms with E-state index in [0.29, 0.717) is 0 Å². The van der Waals surface area contributed by atoms with Crippen molar-refractivity contribution in [3.8, 4) is 0 Å². The smallest absolute Gasteiger partial charge is 0.126 e. The Morgan fingerprint density at radius 1 is 0.938 bits per heavy atom.